The molecule has 1 atom stereocenters. The van der Waals surface area contributed by atoms with E-state index in [4.69, 9.17) is 9.47 Å². The van der Waals surface area contributed by atoms with Crippen molar-refractivity contribution in [2.75, 3.05) is 33.4 Å². The van der Waals surface area contributed by atoms with Crippen molar-refractivity contribution in [2.45, 2.75) is 31.8 Å². The standard InChI is InChI=1S/C17H25NO3/c1-17(2,14-7-5-4-6-8-14)11-16(19)18-9-10-21-15(12-18)13-20-3/h4-8,15H,9-13H2,1-3H3. The highest BCUT2D eigenvalue weighted by Gasteiger charge is 2.30. The molecule has 1 aliphatic rings. The first-order valence-electron chi connectivity index (χ1n) is 7.47. The summed E-state index contributed by atoms with van der Waals surface area (Å²) in [4.78, 5) is 14.5. The van der Waals surface area contributed by atoms with Crippen molar-refractivity contribution in [3.63, 3.8) is 0 Å². The number of methoxy groups -OCH3 is 1. The SMILES string of the molecule is COCC1CN(C(=O)CC(C)(C)c2ccccc2)CCO1. The predicted molar refractivity (Wildman–Crippen MR) is 82.3 cm³/mol. The molecule has 0 N–H and O–H groups in total. The van der Waals surface area contributed by atoms with E-state index in [9.17, 15) is 4.79 Å². The summed E-state index contributed by atoms with van der Waals surface area (Å²) in [6, 6.07) is 10.2. The second-order valence-corrected chi connectivity index (χ2v) is 6.21. The van der Waals surface area contributed by atoms with Crippen LogP contribution in [0.5, 0.6) is 0 Å². The molecule has 1 aromatic rings. The maximum atomic E-state index is 12.6. The molecule has 0 saturated carbocycles. The molecule has 1 fully saturated rings. The van der Waals surface area contributed by atoms with E-state index in [1.165, 1.54) is 5.56 Å². The lowest BCUT2D eigenvalue weighted by Crippen LogP contribution is -2.48. The highest BCUT2D eigenvalue weighted by atomic mass is 16.5. The molecular weight excluding hydrogens is 266 g/mol. The van der Waals surface area contributed by atoms with Gasteiger partial charge in [0.15, 0.2) is 0 Å². The summed E-state index contributed by atoms with van der Waals surface area (Å²) < 4.78 is 10.7. The van der Waals surface area contributed by atoms with Crippen LogP contribution in [0, 0.1) is 0 Å². The first-order valence-corrected chi connectivity index (χ1v) is 7.47. The van der Waals surface area contributed by atoms with Crippen molar-refractivity contribution in [3.8, 4) is 0 Å². The van der Waals surface area contributed by atoms with Crippen molar-refractivity contribution >= 4 is 5.91 Å². The van der Waals surface area contributed by atoms with Crippen molar-refractivity contribution in [2.24, 2.45) is 0 Å². The Hall–Kier alpha value is -1.39. The zero-order valence-electron chi connectivity index (χ0n) is 13.2. The molecule has 0 radical (unpaired) electrons. The molecule has 0 aromatic heterocycles. The van der Waals surface area contributed by atoms with Crippen LogP contribution < -0.4 is 0 Å². The van der Waals surface area contributed by atoms with Gasteiger partial charge in [0.2, 0.25) is 5.91 Å². The molecule has 1 aliphatic heterocycles. The number of hydrogen-bond donors (Lipinski definition) is 0. The average Bonchev–Trinajstić information content (AvgIpc) is 2.48. The molecule has 2 rings (SSSR count). The van der Waals surface area contributed by atoms with Gasteiger partial charge in [-0.05, 0) is 11.0 Å². The molecule has 4 heteroatoms. The van der Waals surface area contributed by atoms with Crippen LogP contribution in [0.15, 0.2) is 30.3 Å². The van der Waals surface area contributed by atoms with E-state index in [-0.39, 0.29) is 17.4 Å². The second kappa shape index (κ2) is 7.05. The summed E-state index contributed by atoms with van der Waals surface area (Å²) in [5, 5.41) is 0. The Morgan fingerprint density at radius 2 is 2.10 bits per heavy atom. The molecule has 0 aliphatic carbocycles. The zero-order chi connectivity index (χ0) is 15.3. The highest BCUT2D eigenvalue weighted by molar-refractivity contribution is 5.78. The molecule has 1 heterocycles. The fourth-order valence-electron chi connectivity index (χ4n) is 2.71. The number of hydrogen-bond acceptors (Lipinski definition) is 3. The number of amides is 1. The number of carbonyl (C=O) groups is 1. The van der Waals surface area contributed by atoms with E-state index < -0.39 is 0 Å². The predicted octanol–water partition coefficient (Wildman–Crippen LogP) is 2.23. The number of nitrogens with zero attached hydrogens (tertiary/aromatic N) is 1. The Kier molecular flexibility index (Phi) is 5.37. The Morgan fingerprint density at radius 3 is 2.76 bits per heavy atom. The highest BCUT2D eigenvalue weighted by Crippen LogP contribution is 2.27. The summed E-state index contributed by atoms with van der Waals surface area (Å²) in [6.45, 7) is 6.65. The molecule has 21 heavy (non-hydrogen) atoms. The Morgan fingerprint density at radius 1 is 1.38 bits per heavy atom. The first kappa shape index (κ1) is 16.0. The van der Waals surface area contributed by atoms with Crippen molar-refractivity contribution < 1.29 is 14.3 Å². The van der Waals surface area contributed by atoms with Crippen LogP contribution in [0.4, 0.5) is 0 Å². The van der Waals surface area contributed by atoms with E-state index in [0.717, 1.165) is 0 Å². The molecule has 4 nitrogen and oxygen atoms in total. The van der Waals surface area contributed by atoms with Crippen molar-refractivity contribution in [1.29, 1.82) is 0 Å². The van der Waals surface area contributed by atoms with Gasteiger partial charge in [0, 0.05) is 26.6 Å². The van der Waals surface area contributed by atoms with Gasteiger partial charge in [-0.3, -0.25) is 4.79 Å². The third-order valence-electron chi connectivity index (χ3n) is 3.99. The number of benzene rings is 1. The Labute approximate surface area is 127 Å². The van der Waals surface area contributed by atoms with Crippen LogP contribution in [0.3, 0.4) is 0 Å². The van der Waals surface area contributed by atoms with Gasteiger partial charge in [-0.15, -0.1) is 0 Å². The monoisotopic (exact) mass is 291 g/mol. The normalized spacial score (nSPS) is 19.6. The molecule has 1 saturated heterocycles. The summed E-state index contributed by atoms with van der Waals surface area (Å²) in [7, 11) is 1.66. The van der Waals surface area contributed by atoms with Gasteiger partial charge in [-0.2, -0.15) is 0 Å². The van der Waals surface area contributed by atoms with Crippen LogP contribution >= 0.6 is 0 Å². The number of rotatable bonds is 5. The summed E-state index contributed by atoms with van der Waals surface area (Å²) in [6.07, 6.45) is 0.504. The van der Waals surface area contributed by atoms with E-state index in [1.54, 1.807) is 7.11 Å². The average molecular weight is 291 g/mol. The molecule has 1 amide bonds. The van der Waals surface area contributed by atoms with E-state index in [0.29, 0.717) is 32.7 Å². The van der Waals surface area contributed by atoms with Crippen molar-refractivity contribution in [1.82, 2.24) is 4.90 Å². The number of carbonyl (C=O) groups excluding carboxylic acids is 1. The molecule has 1 unspecified atom stereocenters. The molecule has 0 spiro atoms. The summed E-state index contributed by atoms with van der Waals surface area (Å²) >= 11 is 0. The van der Waals surface area contributed by atoms with E-state index >= 15 is 0 Å². The van der Waals surface area contributed by atoms with Crippen LogP contribution in [-0.4, -0.2) is 50.3 Å². The lowest BCUT2D eigenvalue weighted by molar-refractivity contribution is -0.141. The van der Waals surface area contributed by atoms with Gasteiger partial charge in [-0.1, -0.05) is 44.2 Å². The van der Waals surface area contributed by atoms with Gasteiger partial charge >= 0.3 is 0 Å². The fraction of sp³-hybridized carbons (Fsp3) is 0.588. The fourth-order valence-corrected chi connectivity index (χ4v) is 2.71. The quantitative estimate of drug-likeness (QED) is 0.835. The molecular formula is C17H25NO3. The topological polar surface area (TPSA) is 38.8 Å². The van der Waals surface area contributed by atoms with Crippen LogP contribution in [0.25, 0.3) is 0 Å². The molecule has 1 aromatic carbocycles. The van der Waals surface area contributed by atoms with E-state index in [2.05, 4.69) is 26.0 Å². The zero-order valence-corrected chi connectivity index (χ0v) is 13.2. The van der Waals surface area contributed by atoms with Crippen LogP contribution in [0.1, 0.15) is 25.8 Å². The van der Waals surface area contributed by atoms with E-state index in [1.807, 2.05) is 23.1 Å². The van der Waals surface area contributed by atoms with Gasteiger partial charge in [-0.25, -0.2) is 0 Å². The lowest BCUT2D eigenvalue weighted by atomic mass is 9.81. The minimum atomic E-state index is -0.159. The van der Waals surface area contributed by atoms with Crippen LogP contribution in [0.2, 0.25) is 0 Å². The van der Waals surface area contributed by atoms with Gasteiger partial charge in [0.1, 0.15) is 0 Å². The number of morpholine rings is 1. The third kappa shape index (κ3) is 4.29. The van der Waals surface area contributed by atoms with Gasteiger partial charge in [0.05, 0.1) is 19.3 Å². The molecule has 116 valence electrons. The van der Waals surface area contributed by atoms with Gasteiger partial charge in [0.25, 0.3) is 0 Å². The van der Waals surface area contributed by atoms with Crippen molar-refractivity contribution in [3.05, 3.63) is 35.9 Å². The Balaban J connectivity index is 1.97. The van der Waals surface area contributed by atoms with Crippen LogP contribution in [-0.2, 0) is 19.7 Å². The largest absolute Gasteiger partial charge is 0.382 e. The third-order valence-corrected chi connectivity index (χ3v) is 3.99. The second-order valence-electron chi connectivity index (χ2n) is 6.21. The maximum absolute atomic E-state index is 12.6. The minimum absolute atomic E-state index is 0.00691. The summed E-state index contributed by atoms with van der Waals surface area (Å²) in [5.41, 5.74) is 1.04. The minimum Gasteiger partial charge on any atom is -0.382 e. The lowest BCUT2D eigenvalue weighted by Gasteiger charge is -2.35. The Bertz CT molecular complexity index is 456. The van der Waals surface area contributed by atoms with Gasteiger partial charge < -0.3 is 14.4 Å². The maximum Gasteiger partial charge on any atom is 0.223 e. The smallest absolute Gasteiger partial charge is 0.223 e. The number of ether oxygens (including phenoxy) is 2. The molecule has 0 bridgehead atoms. The summed E-state index contributed by atoms with van der Waals surface area (Å²) in [5.74, 6) is 0.188. The first-order chi connectivity index (χ1) is 10.0.